The van der Waals surface area contributed by atoms with Crippen molar-refractivity contribution in [2.45, 2.75) is 38.9 Å². The lowest BCUT2D eigenvalue weighted by molar-refractivity contribution is -0.122. The van der Waals surface area contributed by atoms with Gasteiger partial charge in [-0.05, 0) is 42.6 Å². The van der Waals surface area contributed by atoms with Crippen LogP contribution >= 0.6 is 0 Å². The number of amides is 1. The fraction of sp³-hybridized carbons (Fsp3) is 0.500. The second-order valence-corrected chi connectivity index (χ2v) is 8.97. The van der Waals surface area contributed by atoms with Crippen LogP contribution in [0.4, 0.5) is 0 Å². The second-order valence-electron chi connectivity index (χ2n) is 8.97. The van der Waals surface area contributed by atoms with Crippen molar-refractivity contribution in [1.29, 1.82) is 0 Å². The van der Waals surface area contributed by atoms with E-state index in [1.165, 1.54) is 49.0 Å². The Balaban J connectivity index is 1.13. The molecule has 2 aromatic rings. The van der Waals surface area contributed by atoms with Crippen molar-refractivity contribution in [3.63, 3.8) is 0 Å². The number of benzene rings is 2. The standard InChI is InChI=1S/C26H36N4O/c31-26(22-30-17-15-29(16-18-30)20-24-7-3-1-4-8-24)27-19-23-9-11-25(12-10-23)21-28-13-5-2-6-14-28/h1,3-4,7-12H,2,5-6,13-22H2,(H,27,31). The highest BCUT2D eigenvalue weighted by Gasteiger charge is 2.19. The number of likely N-dealkylation sites (tertiary alicyclic amines) is 1. The second kappa shape index (κ2) is 11.4. The molecule has 0 spiro atoms. The number of carbonyl (C=O) groups excluding carboxylic acids is 1. The van der Waals surface area contributed by atoms with E-state index in [1.807, 2.05) is 0 Å². The highest BCUT2D eigenvalue weighted by atomic mass is 16.2. The smallest absolute Gasteiger partial charge is 0.234 e. The van der Waals surface area contributed by atoms with E-state index in [1.54, 1.807) is 0 Å². The Morgan fingerprint density at radius 2 is 1.19 bits per heavy atom. The molecule has 2 fully saturated rings. The SMILES string of the molecule is O=C(CN1CCN(Cc2ccccc2)CC1)NCc1ccc(CN2CCCCC2)cc1. The molecular formula is C26H36N4O. The largest absolute Gasteiger partial charge is 0.351 e. The van der Waals surface area contributed by atoms with Gasteiger partial charge in [-0.3, -0.25) is 19.5 Å². The van der Waals surface area contributed by atoms with E-state index >= 15 is 0 Å². The molecule has 1 amide bonds. The quantitative estimate of drug-likeness (QED) is 0.712. The monoisotopic (exact) mass is 420 g/mol. The molecule has 2 aliphatic rings. The number of piperazine rings is 1. The summed E-state index contributed by atoms with van der Waals surface area (Å²) in [6, 6.07) is 19.3. The Morgan fingerprint density at radius 3 is 1.87 bits per heavy atom. The first kappa shape index (κ1) is 22.0. The summed E-state index contributed by atoms with van der Waals surface area (Å²) in [5.41, 5.74) is 3.89. The van der Waals surface area contributed by atoms with Crippen LogP contribution in [-0.4, -0.2) is 66.4 Å². The molecule has 0 bridgehead atoms. The van der Waals surface area contributed by atoms with Crippen molar-refractivity contribution in [2.75, 3.05) is 45.8 Å². The van der Waals surface area contributed by atoms with Gasteiger partial charge >= 0.3 is 0 Å². The third-order valence-corrected chi connectivity index (χ3v) is 6.45. The first-order valence-corrected chi connectivity index (χ1v) is 11.8. The maximum Gasteiger partial charge on any atom is 0.234 e. The zero-order chi connectivity index (χ0) is 21.3. The summed E-state index contributed by atoms with van der Waals surface area (Å²) in [5.74, 6) is 0.119. The van der Waals surface area contributed by atoms with Crippen LogP contribution in [0.2, 0.25) is 0 Å². The lowest BCUT2D eigenvalue weighted by Crippen LogP contribution is -2.49. The van der Waals surface area contributed by atoms with E-state index in [0.29, 0.717) is 13.1 Å². The van der Waals surface area contributed by atoms with Crippen molar-refractivity contribution < 1.29 is 4.79 Å². The summed E-state index contributed by atoms with van der Waals surface area (Å²) >= 11 is 0. The molecule has 0 saturated carbocycles. The third kappa shape index (κ3) is 7.17. The maximum atomic E-state index is 12.4. The molecule has 5 nitrogen and oxygen atoms in total. The van der Waals surface area contributed by atoms with E-state index in [4.69, 9.17) is 0 Å². The Hall–Kier alpha value is -2.21. The average molecular weight is 421 g/mol. The lowest BCUT2D eigenvalue weighted by Gasteiger charge is -2.34. The number of hydrogen-bond acceptors (Lipinski definition) is 4. The summed E-state index contributed by atoms with van der Waals surface area (Å²) in [5, 5.41) is 3.09. The van der Waals surface area contributed by atoms with Crippen LogP contribution < -0.4 is 5.32 Å². The van der Waals surface area contributed by atoms with Crippen LogP contribution in [0.5, 0.6) is 0 Å². The zero-order valence-electron chi connectivity index (χ0n) is 18.6. The highest BCUT2D eigenvalue weighted by molar-refractivity contribution is 5.78. The van der Waals surface area contributed by atoms with Gasteiger partial charge in [-0.1, -0.05) is 61.0 Å². The van der Waals surface area contributed by atoms with Gasteiger partial charge in [0.05, 0.1) is 6.54 Å². The summed E-state index contributed by atoms with van der Waals surface area (Å²) in [6.45, 7) is 9.51. The van der Waals surface area contributed by atoms with E-state index in [-0.39, 0.29) is 5.91 Å². The zero-order valence-corrected chi connectivity index (χ0v) is 18.6. The van der Waals surface area contributed by atoms with E-state index in [2.05, 4.69) is 74.6 Å². The van der Waals surface area contributed by atoms with Crippen molar-refractivity contribution in [3.8, 4) is 0 Å². The number of hydrogen-bond donors (Lipinski definition) is 1. The van der Waals surface area contributed by atoms with Gasteiger partial charge in [-0.2, -0.15) is 0 Å². The number of nitrogens with zero attached hydrogens (tertiary/aromatic N) is 3. The lowest BCUT2D eigenvalue weighted by atomic mass is 10.1. The predicted molar refractivity (Wildman–Crippen MR) is 126 cm³/mol. The molecule has 166 valence electrons. The molecule has 0 aliphatic carbocycles. The van der Waals surface area contributed by atoms with Gasteiger partial charge in [-0.25, -0.2) is 0 Å². The van der Waals surface area contributed by atoms with Crippen molar-refractivity contribution in [2.24, 2.45) is 0 Å². The van der Waals surface area contributed by atoms with E-state index < -0.39 is 0 Å². The minimum atomic E-state index is 0.119. The van der Waals surface area contributed by atoms with Gasteiger partial charge < -0.3 is 5.32 Å². The summed E-state index contributed by atoms with van der Waals surface area (Å²) in [4.78, 5) is 19.7. The van der Waals surface area contributed by atoms with E-state index in [9.17, 15) is 4.79 Å². The molecule has 5 heteroatoms. The highest BCUT2D eigenvalue weighted by Crippen LogP contribution is 2.14. The molecule has 0 atom stereocenters. The minimum absolute atomic E-state index is 0.119. The topological polar surface area (TPSA) is 38.8 Å². The fourth-order valence-corrected chi connectivity index (χ4v) is 4.55. The van der Waals surface area contributed by atoms with Crippen molar-refractivity contribution in [3.05, 3.63) is 71.3 Å². The Morgan fingerprint density at radius 1 is 0.645 bits per heavy atom. The van der Waals surface area contributed by atoms with Gasteiger partial charge in [0.25, 0.3) is 0 Å². The molecule has 2 aromatic carbocycles. The van der Waals surface area contributed by atoms with E-state index in [0.717, 1.165) is 39.3 Å². The molecular weight excluding hydrogens is 384 g/mol. The van der Waals surface area contributed by atoms with Crippen LogP contribution in [-0.2, 0) is 24.4 Å². The first-order valence-electron chi connectivity index (χ1n) is 11.8. The molecule has 0 aromatic heterocycles. The third-order valence-electron chi connectivity index (χ3n) is 6.45. The van der Waals surface area contributed by atoms with Gasteiger partial charge in [0, 0.05) is 45.8 Å². The predicted octanol–water partition coefficient (Wildman–Crippen LogP) is 3.11. The Bertz CT molecular complexity index is 794. The first-order chi connectivity index (χ1) is 15.2. The number of rotatable bonds is 8. The normalized spacial score (nSPS) is 18.7. The summed E-state index contributed by atoms with van der Waals surface area (Å²) < 4.78 is 0. The van der Waals surface area contributed by atoms with Gasteiger partial charge in [-0.15, -0.1) is 0 Å². The molecule has 1 N–H and O–H groups in total. The number of piperidine rings is 1. The van der Waals surface area contributed by atoms with Gasteiger partial charge in [0.15, 0.2) is 0 Å². The number of nitrogens with one attached hydrogen (secondary N) is 1. The molecule has 0 radical (unpaired) electrons. The van der Waals surface area contributed by atoms with Gasteiger partial charge in [0.2, 0.25) is 5.91 Å². The molecule has 2 saturated heterocycles. The number of carbonyl (C=O) groups is 1. The molecule has 0 unspecified atom stereocenters. The van der Waals surface area contributed by atoms with Crippen molar-refractivity contribution in [1.82, 2.24) is 20.0 Å². The van der Waals surface area contributed by atoms with Crippen LogP contribution in [0.25, 0.3) is 0 Å². The maximum absolute atomic E-state index is 12.4. The summed E-state index contributed by atoms with van der Waals surface area (Å²) in [6.07, 6.45) is 4.02. The molecule has 31 heavy (non-hydrogen) atoms. The van der Waals surface area contributed by atoms with Gasteiger partial charge in [0.1, 0.15) is 0 Å². The summed E-state index contributed by atoms with van der Waals surface area (Å²) in [7, 11) is 0. The van der Waals surface area contributed by atoms with Crippen LogP contribution in [0.1, 0.15) is 36.0 Å². The molecule has 2 heterocycles. The van der Waals surface area contributed by atoms with Crippen LogP contribution in [0.15, 0.2) is 54.6 Å². The average Bonchev–Trinajstić information content (AvgIpc) is 2.81. The minimum Gasteiger partial charge on any atom is -0.351 e. The molecule has 2 aliphatic heterocycles. The van der Waals surface area contributed by atoms with Crippen LogP contribution in [0.3, 0.4) is 0 Å². The molecule has 4 rings (SSSR count). The Labute approximate surface area is 187 Å². The Kier molecular flexibility index (Phi) is 8.11. The van der Waals surface area contributed by atoms with Crippen LogP contribution in [0, 0.1) is 0 Å². The fourth-order valence-electron chi connectivity index (χ4n) is 4.55. The van der Waals surface area contributed by atoms with Crippen molar-refractivity contribution >= 4 is 5.91 Å².